The first-order valence-electron chi connectivity index (χ1n) is 24.1. The van der Waals surface area contributed by atoms with Gasteiger partial charge in [-0.15, -0.1) is 0 Å². The minimum absolute atomic E-state index is 0.117. The molecule has 1 fully saturated rings. The van der Waals surface area contributed by atoms with Gasteiger partial charge in [0.1, 0.15) is 30.5 Å². The summed E-state index contributed by atoms with van der Waals surface area (Å²) in [6, 6.07) is 0. The predicted octanol–water partition coefficient (Wildman–Crippen LogP) is 11.1. The Kier molecular flexibility index (Phi) is 38.3. The Labute approximate surface area is 355 Å². The minimum atomic E-state index is -1.54. The fourth-order valence-electron chi connectivity index (χ4n) is 7.26. The smallest absolute Gasteiger partial charge is 0.306 e. The summed E-state index contributed by atoms with van der Waals surface area (Å²) in [5.41, 5.74) is 0. The van der Waals surface area contributed by atoms with Crippen molar-refractivity contribution in [1.29, 1.82) is 0 Å². The number of carbonyl (C=O) groups excluding carboxylic acids is 1. The van der Waals surface area contributed by atoms with E-state index in [2.05, 4.69) is 50.3 Å². The van der Waals surface area contributed by atoms with E-state index < -0.39 is 43.4 Å². The predicted molar refractivity (Wildman–Crippen MR) is 238 cm³/mol. The van der Waals surface area contributed by atoms with Crippen LogP contribution in [0.15, 0.2) is 36.5 Å². The standard InChI is InChI=1S/C49H90O9/c1-3-5-7-9-11-13-15-17-19-20-21-22-23-24-25-26-28-30-32-34-36-38-45(51)57-43(42-56-49-48(54)47(53)46(52)44(40-50)58-49)41-55-39-37-35-33-31-29-27-18-16-14-12-10-8-6-4-2/h15,17,20-21,23-24,43-44,46-50,52-54H,3-14,16,18-19,22,25-42H2,1-2H3/b17-15-,21-20-,24-23-. The van der Waals surface area contributed by atoms with Crippen LogP contribution in [0.2, 0.25) is 0 Å². The van der Waals surface area contributed by atoms with Crippen molar-refractivity contribution < 1.29 is 44.2 Å². The van der Waals surface area contributed by atoms with Crippen molar-refractivity contribution in [2.75, 3.05) is 26.4 Å². The second kappa shape index (κ2) is 40.8. The van der Waals surface area contributed by atoms with E-state index in [1.165, 1.54) is 128 Å². The maximum atomic E-state index is 12.8. The number of ether oxygens (including phenoxy) is 4. The van der Waals surface area contributed by atoms with Crippen LogP contribution >= 0.6 is 0 Å². The second-order valence-electron chi connectivity index (χ2n) is 16.6. The Bertz CT molecular complexity index is 983. The first-order chi connectivity index (χ1) is 28.4. The van der Waals surface area contributed by atoms with Crippen LogP contribution in [0.25, 0.3) is 0 Å². The van der Waals surface area contributed by atoms with Gasteiger partial charge in [-0.2, -0.15) is 0 Å². The molecule has 0 aliphatic carbocycles. The summed E-state index contributed by atoms with van der Waals surface area (Å²) < 4.78 is 22.8. The van der Waals surface area contributed by atoms with Crippen molar-refractivity contribution in [1.82, 2.24) is 0 Å². The highest BCUT2D eigenvalue weighted by molar-refractivity contribution is 5.69. The molecule has 6 unspecified atom stereocenters. The van der Waals surface area contributed by atoms with E-state index in [0.717, 1.165) is 57.8 Å². The van der Waals surface area contributed by atoms with Crippen LogP contribution in [0.5, 0.6) is 0 Å². The second-order valence-corrected chi connectivity index (χ2v) is 16.6. The van der Waals surface area contributed by atoms with Crippen LogP contribution in [0.1, 0.15) is 206 Å². The molecule has 58 heavy (non-hydrogen) atoms. The molecule has 0 radical (unpaired) electrons. The van der Waals surface area contributed by atoms with E-state index in [0.29, 0.717) is 13.0 Å². The molecule has 0 saturated carbocycles. The monoisotopic (exact) mass is 823 g/mol. The molecule has 6 atom stereocenters. The quantitative estimate of drug-likeness (QED) is 0.0270. The number of unbranched alkanes of at least 4 members (excludes halogenated alkanes) is 24. The van der Waals surface area contributed by atoms with E-state index in [1.807, 2.05) is 0 Å². The molecule has 0 aromatic rings. The molecule has 4 N–H and O–H groups in total. The lowest BCUT2D eigenvalue weighted by Gasteiger charge is -2.39. The molecule has 1 saturated heterocycles. The number of carbonyl (C=O) groups is 1. The summed E-state index contributed by atoms with van der Waals surface area (Å²) in [7, 11) is 0. The molecule has 9 nitrogen and oxygen atoms in total. The molecular weight excluding hydrogens is 733 g/mol. The van der Waals surface area contributed by atoms with E-state index in [4.69, 9.17) is 18.9 Å². The van der Waals surface area contributed by atoms with Gasteiger partial charge >= 0.3 is 5.97 Å². The molecule has 0 aromatic heterocycles. The molecule has 1 aliphatic heterocycles. The lowest BCUT2D eigenvalue weighted by molar-refractivity contribution is -0.305. The average Bonchev–Trinajstić information content (AvgIpc) is 3.22. The Balaban J connectivity index is 2.24. The van der Waals surface area contributed by atoms with Crippen LogP contribution in [-0.2, 0) is 23.7 Å². The first kappa shape index (κ1) is 54.4. The number of rotatable bonds is 41. The number of hydrogen-bond donors (Lipinski definition) is 4. The molecular formula is C49H90O9. The highest BCUT2D eigenvalue weighted by atomic mass is 16.7. The third-order valence-electron chi connectivity index (χ3n) is 11.1. The Morgan fingerprint density at radius 3 is 1.50 bits per heavy atom. The maximum absolute atomic E-state index is 12.8. The lowest BCUT2D eigenvalue weighted by atomic mass is 9.99. The van der Waals surface area contributed by atoms with Gasteiger partial charge in [0, 0.05) is 13.0 Å². The van der Waals surface area contributed by atoms with Gasteiger partial charge in [0.05, 0.1) is 19.8 Å². The third kappa shape index (κ3) is 31.3. The summed E-state index contributed by atoms with van der Waals surface area (Å²) in [6.45, 7) is 4.55. The van der Waals surface area contributed by atoms with Gasteiger partial charge in [-0.05, 0) is 51.4 Å². The summed E-state index contributed by atoms with van der Waals surface area (Å²) >= 11 is 0. The van der Waals surface area contributed by atoms with Gasteiger partial charge < -0.3 is 39.4 Å². The van der Waals surface area contributed by atoms with Gasteiger partial charge in [-0.3, -0.25) is 4.79 Å². The molecule has 1 aliphatic rings. The van der Waals surface area contributed by atoms with E-state index in [-0.39, 0.29) is 19.2 Å². The largest absolute Gasteiger partial charge is 0.457 e. The fourth-order valence-corrected chi connectivity index (χ4v) is 7.26. The van der Waals surface area contributed by atoms with Crippen LogP contribution in [0, 0.1) is 0 Å². The average molecular weight is 823 g/mol. The maximum Gasteiger partial charge on any atom is 0.306 e. The van der Waals surface area contributed by atoms with Crippen LogP contribution < -0.4 is 0 Å². The van der Waals surface area contributed by atoms with Gasteiger partial charge in [0.15, 0.2) is 6.29 Å². The SMILES string of the molecule is CCCCCCC/C=C\C/C=C\C/C=C\CCCCCCCCC(=O)OC(COCCCCCCCCCCCCCCCC)COC1OC(CO)C(O)C(O)C1O. The number of esters is 1. The zero-order chi connectivity index (χ0) is 42.2. The van der Waals surface area contributed by atoms with Gasteiger partial charge in [-0.1, -0.05) is 185 Å². The number of allylic oxidation sites excluding steroid dienone is 6. The zero-order valence-electron chi connectivity index (χ0n) is 37.3. The zero-order valence-corrected chi connectivity index (χ0v) is 37.3. The van der Waals surface area contributed by atoms with Crippen LogP contribution in [-0.4, -0.2) is 89.6 Å². The fraction of sp³-hybridized carbons (Fsp3) is 0.857. The van der Waals surface area contributed by atoms with Crippen molar-refractivity contribution in [3.8, 4) is 0 Å². The summed E-state index contributed by atoms with van der Waals surface area (Å²) in [6.07, 6.45) is 41.7. The topological polar surface area (TPSA) is 135 Å². The molecule has 1 rings (SSSR count). The van der Waals surface area contributed by atoms with Gasteiger partial charge in [-0.25, -0.2) is 0 Å². The molecule has 0 aromatic carbocycles. The van der Waals surface area contributed by atoms with Crippen molar-refractivity contribution in [3.63, 3.8) is 0 Å². The molecule has 0 bridgehead atoms. The van der Waals surface area contributed by atoms with Crippen molar-refractivity contribution in [2.45, 2.75) is 243 Å². The van der Waals surface area contributed by atoms with Gasteiger partial charge in [0.25, 0.3) is 0 Å². The molecule has 340 valence electrons. The summed E-state index contributed by atoms with van der Waals surface area (Å²) in [5, 5.41) is 40.1. The molecule has 9 heteroatoms. The molecule has 0 spiro atoms. The van der Waals surface area contributed by atoms with Crippen molar-refractivity contribution in [2.24, 2.45) is 0 Å². The highest BCUT2D eigenvalue weighted by Crippen LogP contribution is 2.23. The summed E-state index contributed by atoms with van der Waals surface area (Å²) in [4.78, 5) is 12.8. The Morgan fingerprint density at radius 1 is 0.552 bits per heavy atom. The number of aliphatic hydroxyl groups is 4. The third-order valence-corrected chi connectivity index (χ3v) is 11.1. The molecule has 1 heterocycles. The molecule has 0 amide bonds. The highest BCUT2D eigenvalue weighted by Gasteiger charge is 2.44. The Morgan fingerprint density at radius 2 is 1.00 bits per heavy atom. The number of hydrogen-bond acceptors (Lipinski definition) is 9. The van der Waals surface area contributed by atoms with E-state index >= 15 is 0 Å². The Hall–Kier alpha value is -1.59. The lowest BCUT2D eigenvalue weighted by Crippen LogP contribution is -2.59. The van der Waals surface area contributed by atoms with E-state index in [1.54, 1.807) is 0 Å². The minimum Gasteiger partial charge on any atom is -0.457 e. The van der Waals surface area contributed by atoms with Crippen LogP contribution in [0.3, 0.4) is 0 Å². The van der Waals surface area contributed by atoms with E-state index in [9.17, 15) is 25.2 Å². The van der Waals surface area contributed by atoms with Crippen molar-refractivity contribution in [3.05, 3.63) is 36.5 Å². The summed E-state index contributed by atoms with van der Waals surface area (Å²) in [5.74, 6) is -0.324. The normalized spacial score (nSPS) is 20.6. The van der Waals surface area contributed by atoms with Gasteiger partial charge in [0.2, 0.25) is 0 Å². The number of aliphatic hydroxyl groups excluding tert-OH is 4. The van der Waals surface area contributed by atoms with Crippen LogP contribution in [0.4, 0.5) is 0 Å². The first-order valence-corrected chi connectivity index (χ1v) is 24.1. The van der Waals surface area contributed by atoms with Crippen molar-refractivity contribution >= 4 is 5.97 Å².